The number of piperidine rings is 1. The number of aryl methyl sites for hydroxylation is 1. The third-order valence-corrected chi connectivity index (χ3v) is 8.35. The Hall–Kier alpha value is -2.91. The van der Waals surface area contributed by atoms with E-state index >= 15 is 0 Å². The van der Waals surface area contributed by atoms with E-state index in [1.807, 2.05) is 6.92 Å². The van der Waals surface area contributed by atoms with E-state index in [1.165, 1.54) is 3.97 Å². The summed E-state index contributed by atoms with van der Waals surface area (Å²) in [4.78, 5) is 9.22. The van der Waals surface area contributed by atoms with Crippen LogP contribution < -0.4 is 5.01 Å². The molecule has 1 aromatic carbocycles. The van der Waals surface area contributed by atoms with Crippen LogP contribution in [0.25, 0.3) is 22.1 Å². The van der Waals surface area contributed by atoms with Gasteiger partial charge in [-0.3, -0.25) is 0 Å². The molecule has 2 aliphatic rings. The summed E-state index contributed by atoms with van der Waals surface area (Å²) in [6.45, 7) is 1.92. The van der Waals surface area contributed by atoms with E-state index < -0.39 is 10.0 Å². The molecule has 0 aliphatic carbocycles. The lowest BCUT2D eigenvalue weighted by molar-refractivity contribution is 0.116. The molecule has 6 rings (SSSR count). The Balaban J connectivity index is 1.52. The molecule has 2 bridgehead atoms. The Kier molecular flexibility index (Phi) is 3.97. The molecule has 2 fully saturated rings. The number of nitrogens with zero attached hydrogens (tertiary/aromatic N) is 5. The lowest BCUT2D eigenvalue weighted by Gasteiger charge is -2.39. The van der Waals surface area contributed by atoms with E-state index in [9.17, 15) is 13.5 Å². The molecule has 1 N–H and O–H groups in total. The Labute approximate surface area is 179 Å². The molecule has 3 aromatic heterocycles. The highest BCUT2D eigenvalue weighted by Crippen LogP contribution is 2.36. The first kappa shape index (κ1) is 18.8. The van der Waals surface area contributed by atoms with Crippen molar-refractivity contribution < 1.29 is 13.5 Å². The lowest BCUT2D eigenvalue weighted by Crippen LogP contribution is -2.50. The van der Waals surface area contributed by atoms with Crippen molar-refractivity contribution in [2.24, 2.45) is 0 Å². The highest BCUT2D eigenvalue weighted by Gasteiger charge is 2.41. The summed E-state index contributed by atoms with van der Waals surface area (Å²) in [5, 5.41) is 13.2. The van der Waals surface area contributed by atoms with Gasteiger partial charge in [-0.05, 0) is 50.8 Å². The number of benzene rings is 1. The average molecular weight is 438 g/mol. The van der Waals surface area contributed by atoms with Crippen LogP contribution in [-0.2, 0) is 10.0 Å². The summed E-state index contributed by atoms with van der Waals surface area (Å²) >= 11 is 0. The van der Waals surface area contributed by atoms with Crippen LogP contribution in [0.2, 0.25) is 0 Å². The first-order valence-electron chi connectivity index (χ1n) is 10.6. The second-order valence-corrected chi connectivity index (χ2v) is 10.5. The minimum absolute atomic E-state index is 0.231. The van der Waals surface area contributed by atoms with Crippen molar-refractivity contribution in [2.75, 3.05) is 5.01 Å². The molecule has 2 aliphatic heterocycles. The molecule has 2 saturated heterocycles. The molecule has 8 nitrogen and oxygen atoms in total. The molecular weight excluding hydrogens is 414 g/mol. The minimum atomic E-state index is -3.77. The Morgan fingerprint density at radius 1 is 1.03 bits per heavy atom. The highest BCUT2D eigenvalue weighted by molar-refractivity contribution is 7.90. The number of pyridine rings is 1. The van der Waals surface area contributed by atoms with Gasteiger partial charge in [-0.1, -0.05) is 17.7 Å². The summed E-state index contributed by atoms with van der Waals surface area (Å²) in [6, 6.07) is 9.14. The number of imidazole rings is 1. The van der Waals surface area contributed by atoms with E-state index in [0.717, 1.165) is 47.7 Å². The van der Waals surface area contributed by atoms with Crippen molar-refractivity contribution in [3.63, 3.8) is 0 Å². The SMILES string of the molecule is Cc1ccc(S(=O)(=O)n2ccc3c4c(cnc32)ncn4N2C3CCC2CC(O)C3)cc1. The molecule has 4 aromatic rings. The summed E-state index contributed by atoms with van der Waals surface area (Å²) in [6.07, 6.45) is 8.30. The minimum Gasteiger partial charge on any atom is -0.393 e. The second kappa shape index (κ2) is 6.54. The van der Waals surface area contributed by atoms with E-state index in [4.69, 9.17) is 0 Å². The fourth-order valence-corrected chi connectivity index (χ4v) is 6.52. The molecule has 0 amide bonds. The lowest BCUT2D eigenvalue weighted by atomic mass is 10.0. The van der Waals surface area contributed by atoms with Gasteiger partial charge in [-0.15, -0.1) is 0 Å². The average Bonchev–Trinajstić information content (AvgIpc) is 3.42. The highest BCUT2D eigenvalue weighted by atomic mass is 32.2. The van der Waals surface area contributed by atoms with Crippen LogP contribution in [0.4, 0.5) is 0 Å². The van der Waals surface area contributed by atoms with Crippen molar-refractivity contribution in [1.29, 1.82) is 0 Å². The summed E-state index contributed by atoms with van der Waals surface area (Å²) in [5.41, 5.74) is 2.97. The van der Waals surface area contributed by atoms with Crippen LogP contribution in [0.15, 0.2) is 53.9 Å². The molecule has 0 spiro atoms. The van der Waals surface area contributed by atoms with Crippen LogP contribution in [0, 0.1) is 6.92 Å². The van der Waals surface area contributed by atoms with Crippen molar-refractivity contribution in [3.05, 3.63) is 54.6 Å². The first-order valence-corrected chi connectivity index (χ1v) is 12.0. The number of rotatable bonds is 3. The van der Waals surface area contributed by atoms with Gasteiger partial charge in [-0.25, -0.2) is 27.0 Å². The predicted octanol–water partition coefficient (Wildman–Crippen LogP) is 2.56. The number of aliphatic hydroxyl groups is 1. The fourth-order valence-electron chi connectivity index (χ4n) is 5.22. The number of hydrogen-bond donors (Lipinski definition) is 1. The van der Waals surface area contributed by atoms with Gasteiger partial charge >= 0.3 is 0 Å². The summed E-state index contributed by atoms with van der Waals surface area (Å²) in [5.74, 6) is 0. The third kappa shape index (κ3) is 2.73. The fraction of sp³-hybridized carbons (Fsp3) is 0.364. The van der Waals surface area contributed by atoms with Gasteiger partial charge in [0, 0.05) is 23.7 Å². The second-order valence-electron chi connectivity index (χ2n) is 8.64. The Morgan fingerprint density at radius 2 is 1.74 bits per heavy atom. The third-order valence-electron chi connectivity index (χ3n) is 6.66. The molecule has 5 heterocycles. The Morgan fingerprint density at radius 3 is 2.45 bits per heavy atom. The topological polar surface area (TPSA) is 93.2 Å². The zero-order chi connectivity index (χ0) is 21.3. The molecule has 31 heavy (non-hydrogen) atoms. The van der Waals surface area contributed by atoms with E-state index in [0.29, 0.717) is 5.65 Å². The summed E-state index contributed by atoms with van der Waals surface area (Å²) < 4.78 is 29.9. The predicted molar refractivity (Wildman–Crippen MR) is 117 cm³/mol. The van der Waals surface area contributed by atoms with Crippen LogP contribution in [0.1, 0.15) is 31.2 Å². The maximum Gasteiger partial charge on any atom is 0.269 e. The van der Waals surface area contributed by atoms with E-state index in [1.54, 1.807) is 49.1 Å². The zero-order valence-corrected chi connectivity index (χ0v) is 17.9. The van der Waals surface area contributed by atoms with Crippen LogP contribution in [-0.4, -0.2) is 50.3 Å². The van der Waals surface area contributed by atoms with Crippen molar-refractivity contribution in [1.82, 2.24) is 18.6 Å². The van der Waals surface area contributed by atoms with Crippen molar-refractivity contribution >= 4 is 32.1 Å². The monoisotopic (exact) mass is 437 g/mol. The number of aromatic nitrogens is 4. The molecule has 2 unspecified atom stereocenters. The van der Waals surface area contributed by atoms with Gasteiger partial charge in [0.05, 0.1) is 17.2 Å². The maximum atomic E-state index is 13.3. The number of aliphatic hydroxyl groups excluding tert-OH is 1. The van der Waals surface area contributed by atoms with Crippen molar-refractivity contribution in [2.45, 2.75) is 55.7 Å². The standard InChI is InChI=1S/C22H23N5O3S/c1-14-2-6-18(7-3-14)31(29,30)26-9-8-19-21-20(12-23-22(19)26)24-13-25(21)27-15-4-5-16(27)11-17(28)10-15/h2-3,6-9,12-13,15-17,28H,4-5,10-11H2,1H3. The molecule has 160 valence electrons. The largest absolute Gasteiger partial charge is 0.393 e. The summed E-state index contributed by atoms with van der Waals surface area (Å²) in [7, 11) is -3.77. The van der Waals surface area contributed by atoms with Gasteiger partial charge in [-0.2, -0.15) is 0 Å². The van der Waals surface area contributed by atoms with E-state index in [2.05, 4.69) is 19.7 Å². The van der Waals surface area contributed by atoms with E-state index in [-0.39, 0.29) is 23.1 Å². The molecule has 0 radical (unpaired) electrons. The molecule has 9 heteroatoms. The van der Waals surface area contributed by atoms with Gasteiger partial charge in [0.15, 0.2) is 5.65 Å². The molecule has 2 atom stereocenters. The first-order chi connectivity index (χ1) is 14.9. The molecular formula is C22H23N5O3S. The quantitative estimate of drug-likeness (QED) is 0.530. The number of hydrogen-bond acceptors (Lipinski definition) is 6. The van der Waals surface area contributed by atoms with Gasteiger partial charge in [0.2, 0.25) is 0 Å². The van der Waals surface area contributed by atoms with Crippen LogP contribution in [0.5, 0.6) is 0 Å². The van der Waals surface area contributed by atoms with Crippen molar-refractivity contribution in [3.8, 4) is 0 Å². The number of fused-ring (bicyclic) bond motifs is 5. The van der Waals surface area contributed by atoms with Crippen LogP contribution >= 0.6 is 0 Å². The Bertz CT molecular complexity index is 1390. The van der Waals surface area contributed by atoms with Gasteiger partial charge in [0.1, 0.15) is 17.4 Å². The smallest absolute Gasteiger partial charge is 0.269 e. The van der Waals surface area contributed by atoms with Gasteiger partial charge in [0.25, 0.3) is 10.0 Å². The van der Waals surface area contributed by atoms with Gasteiger partial charge < -0.3 is 10.1 Å². The van der Waals surface area contributed by atoms with Crippen LogP contribution in [0.3, 0.4) is 0 Å². The maximum absolute atomic E-state index is 13.3. The molecule has 0 saturated carbocycles. The zero-order valence-electron chi connectivity index (χ0n) is 17.1. The normalized spacial score (nSPS) is 23.8.